The lowest BCUT2D eigenvalue weighted by Gasteiger charge is -2.10. The molecule has 0 unspecified atom stereocenters. The van der Waals surface area contributed by atoms with Crippen molar-refractivity contribution >= 4 is 5.97 Å². The van der Waals surface area contributed by atoms with Gasteiger partial charge in [-0.2, -0.15) is 0 Å². The molecule has 0 saturated carbocycles. The van der Waals surface area contributed by atoms with Crippen LogP contribution in [0, 0.1) is 5.92 Å². The normalized spacial score (nSPS) is 12.1. The van der Waals surface area contributed by atoms with Gasteiger partial charge < -0.3 is 9.84 Å². The van der Waals surface area contributed by atoms with E-state index in [9.17, 15) is 9.90 Å². The van der Waals surface area contributed by atoms with Crippen molar-refractivity contribution < 1.29 is 14.6 Å². The number of hydrogen-bond donors (Lipinski definition) is 1. The van der Waals surface area contributed by atoms with Crippen LogP contribution in [0.4, 0.5) is 0 Å². The molecule has 94 valence electrons. The largest absolute Gasteiger partial charge is 0.508 e. The van der Waals surface area contributed by atoms with E-state index in [-0.39, 0.29) is 11.9 Å². The first-order valence-corrected chi connectivity index (χ1v) is 6.08. The van der Waals surface area contributed by atoms with Gasteiger partial charge in [0.2, 0.25) is 0 Å². The molecule has 0 fully saturated rings. The van der Waals surface area contributed by atoms with Gasteiger partial charge in [0.1, 0.15) is 5.75 Å². The van der Waals surface area contributed by atoms with E-state index in [0.29, 0.717) is 12.4 Å². The molecule has 0 aliphatic rings. The fourth-order valence-electron chi connectivity index (χ4n) is 1.73. The molecule has 1 atom stereocenters. The van der Waals surface area contributed by atoms with Crippen LogP contribution in [0.3, 0.4) is 0 Å². The Kier molecular flexibility index (Phi) is 5.53. The predicted molar refractivity (Wildman–Crippen MR) is 66.8 cm³/mol. The monoisotopic (exact) mass is 236 g/mol. The molecule has 0 saturated heterocycles. The standard InChI is InChI=1S/C14H20O3/c1-3-17-14(16)11(2)6-4-7-12-8-5-9-13(15)10-12/h5,8-11,15H,3-4,6-7H2,1-2H3/t11-/m1/s1. The van der Waals surface area contributed by atoms with Crippen LogP contribution in [0.2, 0.25) is 0 Å². The molecule has 0 spiro atoms. The molecular formula is C14H20O3. The maximum absolute atomic E-state index is 11.4. The molecule has 3 heteroatoms. The molecule has 1 aromatic carbocycles. The number of carbonyl (C=O) groups is 1. The van der Waals surface area contributed by atoms with E-state index in [1.807, 2.05) is 26.0 Å². The zero-order valence-electron chi connectivity index (χ0n) is 10.5. The van der Waals surface area contributed by atoms with Gasteiger partial charge in [-0.15, -0.1) is 0 Å². The van der Waals surface area contributed by atoms with Crippen molar-refractivity contribution in [3.05, 3.63) is 29.8 Å². The van der Waals surface area contributed by atoms with E-state index in [4.69, 9.17) is 4.74 Å². The van der Waals surface area contributed by atoms with Gasteiger partial charge in [0.15, 0.2) is 0 Å². The summed E-state index contributed by atoms with van der Waals surface area (Å²) in [6, 6.07) is 7.23. The Balaban J connectivity index is 2.30. The molecule has 0 heterocycles. The molecule has 0 radical (unpaired) electrons. The second kappa shape index (κ2) is 6.94. The molecule has 1 N–H and O–H groups in total. The molecule has 1 aromatic rings. The zero-order chi connectivity index (χ0) is 12.7. The minimum absolute atomic E-state index is 0.0488. The lowest BCUT2D eigenvalue weighted by atomic mass is 10.0. The summed E-state index contributed by atoms with van der Waals surface area (Å²) < 4.78 is 4.95. The van der Waals surface area contributed by atoms with Gasteiger partial charge in [0.05, 0.1) is 12.5 Å². The Hall–Kier alpha value is -1.51. The highest BCUT2D eigenvalue weighted by Gasteiger charge is 2.13. The number of aryl methyl sites for hydroxylation is 1. The number of carbonyl (C=O) groups excluding carboxylic acids is 1. The Morgan fingerprint density at radius 3 is 2.88 bits per heavy atom. The maximum atomic E-state index is 11.4. The SMILES string of the molecule is CCOC(=O)[C@H](C)CCCc1cccc(O)c1. The topological polar surface area (TPSA) is 46.5 Å². The van der Waals surface area contributed by atoms with Crippen molar-refractivity contribution in [1.29, 1.82) is 0 Å². The van der Waals surface area contributed by atoms with Crippen LogP contribution in [0.1, 0.15) is 32.3 Å². The van der Waals surface area contributed by atoms with Gasteiger partial charge in [-0.05, 0) is 43.9 Å². The first-order chi connectivity index (χ1) is 8.13. The smallest absolute Gasteiger partial charge is 0.308 e. The van der Waals surface area contributed by atoms with Crippen LogP contribution >= 0.6 is 0 Å². The summed E-state index contributed by atoms with van der Waals surface area (Å²) in [4.78, 5) is 11.4. The summed E-state index contributed by atoms with van der Waals surface area (Å²) >= 11 is 0. The van der Waals surface area contributed by atoms with E-state index in [1.54, 1.807) is 12.1 Å². The Morgan fingerprint density at radius 2 is 2.24 bits per heavy atom. The third-order valence-corrected chi connectivity index (χ3v) is 2.70. The van der Waals surface area contributed by atoms with Crippen molar-refractivity contribution in [2.75, 3.05) is 6.61 Å². The van der Waals surface area contributed by atoms with Crippen LogP contribution in [0.5, 0.6) is 5.75 Å². The van der Waals surface area contributed by atoms with E-state index in [0.717, 1.165) is 24.8 Å². The Bertz CT molecular complexity index is 360. The van der Waals surface area contributed by atoms with Crippen LogP contribution in [0.15, 0.2) is 24.3 Å². The van der Waals surface area contributed by atoms with Crippen LogP contribution in [-0.4, -0.2) is 17.7 Å². The summed E-state index contributed by atoms with van der Waals surface area (Å²) in [6.45, 7) is 4.15. The zero-order valence-corrected chi connectivity index (χ0v) is 10.5. The van der Waals surface area contributed by atoms with Gasteiger partial charge in [0, 0.05) is 0 Å². The highest BCUT2D eigenvalue weighted by molar-refractivity contribution is 5.71. The molecule has 17 heavy (non-hydrogen) atoms. The van der Waals surface area contributed by atoms with E-state index in [2.05, 4.69) is 0 Å². The third-order valence-electron chi connectivity index (χ3n) is 2.70. The Labute approximate surface area is 102 Å². The number of benzene rings is 1. The van der Waals surface area contributed by atoms with Gasteiger partial charge >= 0.3 is 5.97 Å². The van der Waals surface area contributed by atoms with Crippen molar-refractivity contribution in [3.8, 4) is 5.75 Å². The number of ether oxygens (including phenoxy) is 1. The Morgan fingerprint density at radius 1 is 1.47 bits per heavy atom. The van der Waals surface area contributed by atoms with Crippen molar-refractivity contribution in [3.63, 3.8) is 0 Å². The van der Waals surface area contributed by atoms with E-state index >= 15 is 0 Å². The van der Waals surface area contributed by atoms with Crippen LogP contribution in [-0.2, 0) is 16.0 Å². The highest BCUT2D eigenvalue weighted by atomic mass is 16.5. The fourth-order valence-corrected chi connectivity index (χ4v) is 1.73. The predicted octanol–water partition coefficient (Wildman–Crippen LogP) is 2.91. The summed E-state index contributed by atoms with van der Waals surface area (Å²) in [7, 11) is 0. The number of hydrogen-bond acceptors (Lipinski definition) is 3. The van der Waals surface area contributed by atoms with Crippen LogP contribution in [0.25, 0.3) is 0 Å². The first kappa shape index (κ1) is 13.6. The van der Waals surface area contributed by atoms with Crippen molar-refractivity contribution in [2.45, 2.75) is 33.1 Å². The number of phenols is 1. The van der Waals surface area contributed by atoms with Crippen LogP contribution < -0.4 is 0 Å². The van der Waals surface area contributed by atoms with Gasteiger partial charge in [-0.1, -0.05) is 19.1 Å². The number of rotatable bonds is 6. The molecule has 0 aliphatic carbocycles. The molecule has 3 nitrogen and oxygen atoms in total. The lowest BCUT2D eigenvalue weighted by Crippen LogP contribution is -2.14. The number of esters is 1. The number of phenolic OH excluding ortho intramolecular Hbond substituents is 1. The van der Waals surface area contributed by atoms with Gasteiger partial charge in [-0.3, -0.25) is 4.79 Å². The highest BCUT2D eigenvalue weighted by Crippen LogP contribution is 2.15. The lowest BCUT2D eigenvalue weighted by molar-refractivity contribution is -0.147. The van der Waals surface area contributed by atoms with Gasteiger partial charge in [0.25, 0.3) is 0 Å². The van der Waals surface area contributed by atoms with Crippen molar-refractivity contribution in [1.82, 2.24) is 0 Å². The average Bonchev–Trinajstić information content (AvgIpc) is 2.29. The summed E-state index contributed by atoms with van der Waals surface area (Å²) in [5.74, 6) is 0.122. The second-order valence-corrected chi connectivity index (χ2v) is 4.22. The maximum Gasteiger partial charge on any atom is 0.308 e. The second-order valence-electron chi connectivity index (χ2n) is 4.22. The van der Waals surface area contributed by atoms with Crippen molar-refractivity contribution in [2.24, 2.45) is 5.92 Å². The minimum atomic E-state index is -0.122. The van der Waals surface area contributed by atoms with E-state index in [1.165, 1.54) is 0 Å². The molecule has 1 rings (SSSR count). The quantitative estimate of drug-likeness (QED) is 0.772. The number of aromatic hydroxyl groups is 1. The minimum Gasteiger partial charge on any atom is -0.508 e. The summed E-state index contributed by atoms with van der Waals surface area (Å²) in [6.07, 6.45) is 2.61. The molecular weight excluding hydrogens is 216 g/mol. The van der Waals surface area contributed by atoms with E-state index < -0.39 is 0 Å². The first-order valence-electron chi connectivity index (χ1n) is 6.08. The van der Waals surface area contributed by atoms with Gasteiger partial charge in [-0.25, -0.2) is 0 Å². The third kappa shape index (κ3) is 4.89. The molecule has 0 bridgehead atoms. The fraction of sp³-hybridized carbons (Fsp3) is 0.500. The summed E-state index contributed by atoms with van der Waals surface area (Å²) in [5, 5.41) is 9.31. The molecule has 0 aliphatic heterocycles. The molecule has 0 aromatic heterocycles. The average molecular weight is 236 g/mol. The summed E-state index contributed by atoms with van der Waals surface area (Å²) in [5.41, 5.74) is 1.10. The molecule has 0 amide bonds.